The van der Waals surface area contributed by atoms with Crippen LogP contribution in [0.3, 0.4) is 0 Å². The lowest BCUT2D eigenvalue weighted by Gasteiger charge is -2.26. The lowest BCUT2D eigenvalue weighted by molar-refractivity contribution is 1.28. The van der Waals surface area contributed by atoms with Gasteiger partial charge in [-0.2, -0.15) is 0 Å². The molecule has 0 spiro atoms. The Hall–Kier alpha value is -5.66. The van der Waals surface area contributed by atoms with Gasteiger partial charge in [-0.1, -0.05) is 133 Å². The molecule has 0 saturated heterocycles. The van der Waals surface area contributed by atoms with Crippen molar-refractivity contribution in [2.24, 2.45) is 0 Å². The van der Waals surface area contributed by atoms with Crippen molar-refractivity contribution >= 4 is 49.4 Å². The molecule has 0 fully saturated rings. The Balaban J connectivity index is 1.27. The third kappa shape index (κ3) is 4.62. The summed E-state index contributed by atoms with van der Waals surface area (Å²) in [6.07, 6.45) is 0. The molecule has 0 N–H and O–H groups in total. The molecule has 0 saturated carbocycles. The van der Waals surface area contributed by atoms with E-state index in [1.54, 1.807) is 4.90 Å². The summed E-state index contributed by atoms with van der Waals surface area (Å²) in [5.74, 6) is 0. The molecule has 0 unspecified atom stereocenters. The van der Waals surface area contributed by atoms with Gasteiger partial charge in [0.1, 0.15) is 0 Å². The fourth-order valence-corrected chi connectivity index (χ4v) is 6.05. The third-order valence-corrected chi connectivity index (χ3v) is 8.12. The van der Waals surface area contributed by atoms with E-state index in [0.29, 0.717) is 11.4 Å². The Labute approximate surface area is 258 Å². The molecule has 8 rings (SSSR count). The molecule has 8 aromatic rings. The van der Waals surface area contributed by atoms with Crippen LogP contribution in [0, 0.1) is 0 Å². The van der Waals surface area contributed by atoms with Crippen LogP contribution < -0.4 is 4.90 Å². The first-order valence-electron chi connectivity index (χ1n) is 16.9. The Kier molecular flexibility index (Phi) is 5.01. The lowest BCUT2D eigenvalue weighted by atomic mass is 9.97. The Morgan fingerprint density at radius 2 is 1.02 bits per heavy atom. The van der Waals surface area contributed by atoms with E-state index in [9.17, 15) is 0 Å². The van der Waals surface area contributed by atoms with E-state index in [1.807, 2.05) is 66.7 Å². The zero-order valence-electron chi connectivity index (χ0n) is 28.3. The smallest absolute Gasteiger partial charge is 0.0645 e. The summed E-state index contributed by atoms with van der Waals surface area (Å²) in [6.45, 7) is 0. The number of nitrogens with zero attached hydrogens (tertiary/aromatic N) is 1. The molecule has 0 atom stereocenters. The van der Waals surface area contributed by atoms with Crippen LogP contribution in [0.15, 0.2) is 176 Å². The lowest BCUT2D eigenvalue weighted by Crippen LogP contribution is -2.09. The second kappa shape index (κ2) is 10.6. The molecule has 8 aromatic carbocycles. The van der Waals surface area contributed by atoms with E-state index in [1.165, 1.54) is 16.2 Å². The van der Waals surface area contributed by atoms with E-state index < -0.39 is 6.04 Å². The van der Waals surface area contributed by atoms with Crippen LogP contribution in [-0.4, -0.2) is 0 Å². The number of para-hydroxylation sites is 1. The highest BCUT2D eigenvalue weighted by Crippen LogP contribution is 2.39. The van der Waals surface area contributed by atoms with Crippen LogP contribution in [0.25, 0.3) is 54.6 Å². The number of hydrogen-bond acceptors (Lipinski definition) is 1. The Bertz CT molecular complexity index is 2490. The van der Waals surface area contributed by atoms with Gasteiger partial charge in [-0.3, -0.25) is 0 Å². The Morgan fingerprint density at radius 3 is 1.86 bits per heavy atom. The number of rotatable bonds is 5. The minimum Gasteiger partial charge on any atom is -0.310 e. The van der Waals surface area contributed by atoms with Gasteiger partial charge in [0.25, 0.3) is 0 Å². The summed E-state index contributed by atoms with van der Waals surface area (Å²) in [4.78, 5) is 1.77. The van der Waals surface area contributed by atoms with Gasteiger partial charge >= 0.3 is 0 Å². The maximum atomic E-state index is 8.89. The molecule has 43 heavy (non-hydrogen) atoms. The van der Waals surface area contributed by atoms with E-state index in [2.05, 4.69) is 78.9 Å². The molecule has 0 aliphatic rings. The highest BCUT2D eigenvalue weighted by molar-refractivity contribution is 6.08. The van der Waals surface area contributed by atoms with Crippen molar-refractivity contribution in [1.82, 2.24) is 0 Å². The van der Waals surface area contributed by atoms with Crippen molar-refractivity contribution in [3.8, 4) is 22.3 Å². The van der Waals surface area contributed by atoms with Crippen LogP contribution >= 0.6 is 0 Å². The molecule has 0 radical (unpaired) electrons. The zero-order valence-corrected chi connectivity index (χ0v) is 23.3. The average Bonchev–Trinajstić information content (AvgIpc) is 3.14. The molecule has 0 aromatic heterocycles. The minimum atomic E-state index is -0.419. The van der Waals surface area contributed by atoms with E-state index >= 15 is 0 Å². The maximum Gasteiger partial charge on any atom is 0.0645 e. The number of fused-ring (bicyclic) bond motifs is 4. The normalized spacial score (nSPS) is 12.9. The van der Waals surface area contributed by atoms with E-state index in [0.717, 1.165) is 38.4 Å². The predicted octanol–water partition coefficient (Wildman–Crippen LogP) is 11.9. The number of benzene rings is 8. The minimum absolute atomic E-state index is 0.0985. The van der Waals surface area contributed by atoms with Crippen molar-refractivity contribution in [3.05, 3.63) is 176 Å². The first-order chi connectivity index (χ1) is 23.4. The average molecular weight is 553 g/mol. The number of anilines is 3. The van der Waals surface area contributed by atoms with Crippen LogP contribution in [0.2, 0.25) is 0 Å². The van der Waals surface area contributed by atoms with Gasteiger partial charge in [0, 0.05) is 17.1 Å². The summed E-state index contributed by atoms with van der Waals surface area (Å²) in [6, 6.07) is 47.8. The van der Waals surface area contributed by atoms with Crippen molar-refractivity contribution < 1.29 is 6.85 Å². The van der Waals surface area contributed by atoms with Crippen molar-refractivity contribution in [2.75, 3.05) is 4.90 Å². The molecular weight excluding hydrogens is 518 g/mol. The molecule has 0 bridgehead atoms. The molecule has 1 heteroatoms. The van der Waals surface area contributed by atoms with Gasteiger partial charge in [0.05, 0.1) is 6.85 Å². The van der Waals surface area contributed by atoms with Crippen LogP contribution in [-0.2, 0) is 0 Å². The molecular formula is C42H29N. The van der Waals surface area contributed by atoms with Crippen LogP contribution in [0.5, 0.6) is 0 Å². The van der Waals surface area contributed by atoms with Gasteiger partial charge in [0.2, 0.25) is 0 Å². The fraction of sp³-hybridized carbons (Fsp3) is 0. The van der Waals surface area contributed by atoms with Crippen molar-refractivity contribution in [2.45, 2.75) is 0 Å². The third-order valence-electron chi connectivity index (χ3n) is 8.12. The molecule has 0 heterocycles. The van der Waals surface area contributed by atoms with Gasteiger partial charge in [0.15, 0.2) is 0 Å². The topological polar surface area (TPSA) is 3.24 Å². The van der Waals surface area contributed by atoms with Gasteiger partial charge in [-0.15, -0.1) is 0 Å². The summed E-state index contributed by atoms with van der Waals surface area (Å²) < 4.78 is 42.9. The van der Waals surface area contributed by atoms with Crippen molar-refractivity contribution in [1.29, 1.82) is 0 Å². The SMILES string of the molecule is [2H]c1c([2H])c([2H])c(N(c2ccc(-c3ccc4c(ccc5ccccc54)c3)cc2)c2cccc(-c3cccc4ccccc34)c2)c([2H])c1[2H]. The van der Waals surface area contributed by atoms with Crippen LogP contribution in [0.4, 0.5) is 17.1 Å². The Morgan fingerprint density at radius 1 is 0.372 bits per heavy atom. The number of hydrogen-bond donors (Lipinski definition) is 0. The summed E-state index contributed by atoms with van der Waals surface area (Å²) in [5, 5.41) is 7.02. The predicted molar refractivity (Wildman–Crippen MR) is 185 cm³/mol. The molecule has 202 valence electrons. The highest BCUT2D eigenvalue weighted by atomic mass is 15.1. The van der Waals surface area contributed by atoms with E-state index in [-0.39, 0.29) is 29.9 Å². The molecule has 1 nitrogen and oxygen atoms in total. The summed E-state index contributed by atoms with van der Waals surface area (Å²) in [5.41, 5.74) is 5.55. The second-order valence-corrected chi connectivity index (χ2v) is 10.7. The van der Waals surface area contributed by atoms with Crippen LogP contribution in [0.1, 0.15) is 6.85 Å². The van der Waals surface area contributed by atoms with Gasteiger partial charge < -0.3 is 4.90 Å². The zero-order chi connectivity index (χ0) is 32.9. The summed E-state index contributed by atoms with van der Waals surface area (Å²) in [7, 11) is 0. The maximum absolute atomic E-state index is 8.89. The molecule has 0 aliphatic carbocycles. The standard InChI is InChI=1S/C42H29N/c1-2-14-36(15-3-1)43(38-16-8-13-34(29-38)41-19-9-12-31-10-4-6-17-39(31)41)37-25-22-30(23-26-37)33-24-27-42-35(28-33)21-20-32-11-5-7-18-40(32)42/h1-29H/i1D,2D,3D,14D,15D. The quantitative estimate of drug-likeness (QED) is 0.192. The van der Waals surface area contributed by atoms with E-state index in [4.69, 9.17) is 6.85 Å². The first-order valence-corrected chi connectivity index (χ1v) is 14.4. The monoisotopic (exact) mass is 552 g/mol. The summed E-state index contributed by atoms with van der Waals surface area (Å²) >= 11 is 0. The van der Waals surface area contributed by atoms with Gasteiger partial charge in [-0.05, 0) is 97.0 Å². The first kappa shape index (κ1) is 20.3. The highest BCUT2D eigenvalue weighted by Gasteiger charge is 2.14. The largest absolute Gasteiger partial charge is 0.310 e. The fourth-order valence-electron chi connectivity index (χ4n) is 6.05. The molecule has 0 aliphatic heterocycles. The second-order valence-electron chi connectivity index (χ2n) is 10.7. The van der Waals surface area contributed by atoms with Crippen molar-refractivity contribution in [3.63, 3.8) is 0 Å². The molecule has 0 amide bonds. The van der Waals surface area contributed by atoms with Gasteiger partial charge in [-0.25, -0.2) is 0 Å².